The molecule has 1 aliphatic heterocycles. The zero-order valence-corrected chi connectivity index (χ0v) is 17.0. The second kappa shape index (κ2) is 8.15. The molecule has 144 valence electrons. The van der Waals surface area contributed by atoms with Gasteiger partial charge in [-0.25, -0.2) is 4.98 Å². The number of imidazole rings is 1. The van der Waals surface area contributed by atoms with E-state index < -0.39 is 0 Å². The van der Waals surface area contributed by atoms with Crippen molar-refractivity contribution in [2.45, 2.75) is 32.2 Å². The Hall–Kier alpha value is -1.30. The number of nitrogens with zero attached hydrogens (tertiary/aromatic N) is 3. The van der Waals surface area contributed by atoms with Crippen molar-refractivity contribution in [2.75, 3.05) is 20.1 Å². The first-order chi connectivity index (χ1) is 11.6. The van der Waals surface area contributed by atoms with Gasteiger partial charge in [0.2, 0.25) is 5.91 Å². The number of para-hydroxylation sites is 2. The van der Waals surface area contributed by atoms with Gasteiger partial charge in [0.25, 0.3) is 0 Å². The van der Waals surface area contributed by atoms with E-state index in [1.54, 1.807) is 0 Å². The topological polar surface area (TPSA) is 50.2 Å². The van der Waals surface area contributed by atoms with Gasteiger partial charge in [0.1, 0.15) is 5.82 Å². The average Bonchev–Trinajstić information content (AvgIpc) is 3.17. The van der Waals surface area contributed by atoms with Crippen LogP contribution in [-0.2, 0) is 18.4 Å². The number of halogens is 2. The number of carbonyl (C=O) groups is 1. The fraction of sp³-hybridized carbons (Fsp3) is 0.579. The molecule has 1 N–H and O–H groups in total. The Kier molecular flexibility index (Phi) is 6.59. The molecule has 0 spiro atoms. The number of amides is 1. The lowest BCUT2D eigenvalue weighted by atomic mass is 9.67. The Morgan fingerprint density at radius 3 is 2.88 bits per heavy atom. The number of fused-ring (bicyclic) bond motifs is 2. The zero-order valence-electron chi connectivity index (χ0n) is 15.4. The molecule has 0 unspecified atom stereocenters. The molecule has 1 aromatic heterocycles. The third-order valence-corrected chi connectivity index (χ3v) is 6.07. The minimum atomic E-state index is -0.183. The Labute approximate surface area is 167 Å². The molecule has 2 heterocycles. The number of benzene rings is 1. The summed E-state index contributed by atoms with van der Waals surface area (Å²) >= 11 is 0. The van der Waals surface area contributed by atoms with Crippen LogP contribution in [0.15, 0.2) is 24.3 Å². The van der Waals surface area contributed by atoms with Crippen molar-refractivity contribution < 1.29 is 4.79 Å². The maximum Gasteiger partial charge on any atom is 0.230 e. The summed E-state index contributed by atoms with van der Waals surface area (Å²) in [5.41, 5.74) is 1.93. The Balaban J connectivity index is 0.00000121. The van der Waals surface area contributed by atoms with E-state index in [4.69, 9.17) is 4.98 Å². The molecule has 1 amide bonds. The molecule has 1 saturated heterocycles. The first kappa shape index (κ1) is 21.0. The van der Waals surface area contributed by atoms with Gasteiger partial charge in [0.05, 0.1) is 23.0 Å². The highest BCUT2D eigenvalue weighted by Gasteiger charge is 2.50. The lowest BCUT2D eigenvalue weighted by Gasteiger charge is -2.39. The molecule has 2 fully saturated rings. The minimum absolute atomic E-state index is 0. The van der Waals surface area contributed by atoms with Crippen LogP contribution in [0.3, 0.4) is 0 Å². The van der Waals surface area contributed by atoms with E-state index in [1.165, 1.54) is 19.3 Å². The standard InChI is InChI=1S/C19H26N4O.2ClH/c1-22(12-17-21-15-8-3-4-9-16(15)23(17)2)18(24)19-10-6-5-7-14(19)11-20-13-19;;/h3-4,8-9,14,20H,5-7,10-13H2,1-2H3;2*1H/t14-,19+;;/m0../s1. The van der Waals surface area contributed by atoms with Crippen molar-refractivity contribution in [1.82, 2.24) is 19.8 Å². The summed E-state index contributed by atoms with van der Waals surface area (Å²) in [6.07, 6.45) is 4.63. The summed E-state index contributed by atoms with van der Waals surface area (Å²) in [7, 11) is 3.96. The van der Waals surface area contributed by atoms with Crippen LogP contribution in [0.1, 0.15) is 31.5 Å². The maximum absolute atomic E-state index is 13.3. The van der Waals surface area contributed by atoms with Gasteiger partial charge in [0.15, 0.2) is 0 Å². The van der Waals surface area contributed by atoms with Crippen LogP contribution in [0.5, 0.6) is 0 Å². The summed E-state index contributed by atoms with van der Waals surface area (Å²) in [4.78, 5) is 19.9. The molecule has 0 radical (unpaired) electrons. The highest BCUT2D eigenvalue weighted by molar-refractivity contribution is 5.86. The molecule has 1 aromatic carbocycles. The second-order valence-electron chi connectivity index (χ2n) is 7.47. The third-order valence-electron chi connectivity index (χ3n) is 6.07. The number of aryl methyl sites for hydroxylation is 1. The Morgan fingerprint density at radius 2 is 2.12 bits per heavy atom. The number of rotatable bonds is 3. The van der Waals surface area contributed by atoms with E-state index >= 15 is 0 Å². The van der Waals surface area contributed by atoms with Crippen molar-refractivity contribution in [3.05, 3.63) is 30.1 Å². The van der Waals surface area contributed by atoms with Crippen molar-refractivity contribution in [1.29, 1.82) is 0 Å². The van der Waals surface area contributed by atoms with Crippen molar-refractivity contribution in [2.24, 2.45) is 18.4 Å². The van der Waals surface area contributed by atoms with E-state index in [0.717, 1.165) is 36.4 Å². The normalized spacial score (nSPS) is 24.5. The van der Waals surface area contributed by atoms with Crippen molar-refractivity contribution >= 4 is 41.8 Å². The van der Waals surface area contributed by atoms with Gasteiger partial charge in [-0.2, -0.15) is 0 Å². The second-order valence-corrected chi connectivity index (χ2v) is 7.47. The molecule has 5 nitrogen and oxygen atoms in total. The van der Waals surface area contributed by atoms with Gasteiger partial charge >= 0.3 is 0 Å². The fourth-order valence-electron chi connectivity index (χ4n) is 4.67. The van der Waals surface area contributed by atoms with Gasteiger partial charge in [-0.3, -0.25) is 4.79 Å². The van der Waals surface area contributed by atoms with Crippen molar-refractivity contribution in [3.63, 3.8) is 0 Å². The zero-order chi connectivity index (χ0) is 16.7. The van der Waals surface area contributed by atoms with Crippen molar-refractivity contribution in [3.8, 4) is 0 Å². The highest BCUT2D eigenvalue weighted by Crippen LogP contribution is 2.45. The fourth-order valence-corrected chi connectivity index (χ4v) is 4.67. The molecule has 2 aromatic rings. The third kappa shape index (κ3) is 3.32. The molecule has 4 rings (SSSR count). The van der Waals surface area contributed by atoms with Gasteiger partial charge in [-0.15, -0.1) is 24.8 Å². The average molecular weight is 399 g/mol. The Morgan fingerprint density at radius 1 is 1.35 bits per heavy atom. The molecule has 0 bridgehead atoms. The molecular weight excluding hydrogens is 371 g/mol. The number of carbonyl (C=O) groups excluding carboxylic acids is 1. The first-order valence-electron chi connectivity index (χ1n) is 8.98. The maximum atomic E-state index is 13.3. The monoisotopic (exact) mass is 398 g/mol. The first-order valence-corrected chi connectivity index (χ1v) is 8.98. The molecule has 26 heavy (non-hydrogen) atoms. The lowest BCUT2D eigenvalue weighted by molar-refractivity contribution is -0.144. The molecule has 1 aliphatic carbocycles. The van der Waals surface area contributed by atoms with E-state index in [0.29, 0.717) is 18.4 Å². The van der Waals surface area contributed by atoms with Crippen LogP contribution < -0.4 is 5.32 Å². The van der Waals surface area contributed by atoms with Crippen LogP contribution in [0.2, 0.25) is 0 Å². The van der Waals surface area contributed by atoms with E-state index in [-0.39, 0.29) is 30.2 Å². The predicted molar refractivity (Wildman–Crippen MR) is 109 cm³/mol. The van der Waals surface area contributed by atoms with Crippen LogP contribution in [0, 0.1) is 11.3 Å². The van der Waals surface area contributed by atoms with Crippen LogP contribution in [0.25, 0.3) is 11.0 Å². The largest absolute Gasteiger partial charge is 0.338 e. The van der Waals surface area contributed by atoms with Crippen LogP contribution in [-0.4, -0.2) is 40.5 Å². The van der Waals surface area contributed by atoms with E-state index in [1.807, 2.05) is 37.2 Å². The van der Waals surface area contributed by atoms with Crippen LogP contribution >= 0.6 is 24.8 Å². The highest BCUT2D eigenvalue weighted by atomic mass is 35.5. The lowest BCUT2D eigenvalue weighted by Crippen LogP contribution is -2.48. The van der Waals surface area contributed by atoms with E-state index in [2.05, 4.69) is 16.0 Å². The molecule has 2 aliphatic rings. The number of hydrogen-bond acceptors (Lipinski definition) is 3. The van der Waals surface area contributed by atoms with Gasteiger partial charge < -0.3 is 14.8 Å². The summed E-state index contributed by atoms with van der Waals surface area (Å²) < 4.78 is 2.10. The summed E-state index contributed by atoms with van der Waals surface area (Å²) in [5, 5.41) is 3.47. The molecular formula is C19H28Cl2N4O. The number of aromatic nitrogens is 2. The number of nitrogens with one attached hydrogen (secondary N) is 1. The Bertz CT molecular complexity index is 778. The summed E-state index contributed by atoms with van der Waals surface area (Å²) in [6.45, 7) is 2.40. The minimum Gasteiger partial charge on any atom is -0.338 e. The predicted octanol–water partition coefficient (Wildman–Crippen LogP) is 3.16. The van der Waals surface area contributed by atoms with E-state index in [9.17, 15) is 4.79 Å². The smallest absolute Gasteiger partial charge is 0.230 e. The van der Waals surface area contributed by atoms with Gasteiger partial charge in [-0.05, 0) is 37.4 Å². The molecule has 1 saturated carbocycles. The van der Waals surface area contributed by atoms with Crippen LogP contribution in [0.4, 0.5) is 0 Å². The van der Waals surface area contributed by atoms with Gasteiger partial charge in [-0.1, -0.05) is 25.0 Å². The quantitative estimate of drug-likeness (QED) is 0.863. The molecule has 7 heteroatoms. The number of hydrogen-bond donors (Lipinski definition) is 1. The summed E-state index contributed by atoms with van der Waals surface area (Å²) in [5.74, 6) is 1.74. The van der Waals surface area contributed by atoms with Gasteiger partial charge in [0, 0.05) is 20.6 Å². The molecule has 2 atom stereocenters. The summed E-state index contributed by atoms with van der Waals surface area (Å²) in [6, 6.07) is 8.13. The SMILES string of the molecule is CN(Cc1nc2ccccc2n1C)C(=O)[C@@]12CCCC[C@H]1CNC2.Cl.Cl.